The molecule has 4 rings (SSSR count). The lowest BCUT2D eigenvalue weighted by Gasteiger charge is -2.32. The molecule has 3 aromatic heterocycles. The molecule has 10 heteroatoms. The van der Waals surface area contributed by atoms with Crippen molar-refractivity contribution in [1.82, 2.24) is 19.2 Å². The lowest BCUT2D eigenvalue weighted by atomic mass is 9.85. The van der Waals surface area contributed by atoms with E-state index in [4.69, 9.17) is 15.5 Å². The van der Waals surface area contributed by atoms with Crippen LogP contribution < -0.4 is 21.9 Å². The molecule has 186 valence electrons. The van der Waals surface area contributed by atoms with Gasteiger partial charge in [0.15, 0.2) is 5.65 Å². The van der Waals surface area contributed by atoms with E-state index in [-0.39, 0.29) is 23.5 Å². The van der Waals surface area contributed by atoms with E-state index < -0.39 is 6.04 Å². The van der Waals surface area contributed by atoms with Crippen LogP contribution in [-0.2, 0) is 23.1 Å². The van der Waals surface area contributed by atoms with Crippen molar-refractivity contribution in [2.24, 2.45) is 18.7 Å². The Morgan fingerprint density at radius 1 is 1.37 bits per heavy atom. The average molecular weight is 480 g/mol. The van der Waals surface area contributed by atoms with Crippen LogP contribution in [0.3, 0.4) is 0 Å². The van der Waals surface area contributed by atoms with Crippen molar-refractivity contribution in [2.45, 2.75) is 51.2 Å². The van der Waals surface area contributed by atoms with Crippen molar-refractivity contribution in [3.8, 4) is 0 Å². The third-order valence-corrected chi connectivity index (χ3v) is 6.39. The molecule has 10 nitrogen and oxygen atoms in total. The van der Waals surface area contributed by atoms with Gasteiger partial charge >= 0.3 is 5.97 Å². The topological polar surface area (TPSA) is 129 Å². The van der Waals surface area contributed by atoms with Crippen LogP contribution in [0.4, 0.5) is 11.6 Å². The van der Waals surface area contributed by atoms with E-state index in [2.05, 4.69) is 22.3 Å². The van der Waals surface area contributed by atoms with E-state index >= 15 is 0 Å². The summed E-state index contributed by atoms with van der Waals surface area (Å²) in [6.45, 7) is 6.36. The van der Waals surface area contributed by atoms with E-state index in [9.17, 15) is 9.59 Å². The fraction of sp³-hybridized carbons (Fsp3) is 0.440. The van der Waals surface area contributed by atoms with Crippen LogP contribution in [0.25, 0.3) is 11.7 Å². The minimum atomic E-state index is -0.631. The van der Waals surface area contributed by atoms with E-state index in [0.29, 0.717) is 24.6 Å². The van der Waals surface area contributed by atoms with Gasteiger partial charge in [-0.3, -0.25) is 9.59 Å². The van der Waals surface area contributed by atoms with E-state index in [1.54, 1.807) is 53.7 Å². The molecule has 0 unspecified atom stereocenters. The molecule has 35 heavy (non-hydrogen) atoms. The maximum Gasteiger partial charge on any atom is 0.322 e. The number of aryl methyl sites for hydroxylation is 1. The molecule has 3 heterocycles. The van der Waals surface area contributed by atoms with E-state index in [1.807, 2.05) is 6.07 Å². The fourth-order valence-electron chi connectivity index (χ4n) is 4.38. The second-order valence-corrected chi connectivity index (χ2v) is 9.12. The Balaban J connectivity index is 1.56. The number of aromatic nitrogens is 4. The Morgan fingerprint density at radius 2 is 2.17 bits per heavy atom. The average Bonchev–Trinajstić information content (AvgIpc) is 3.27. The molecule has 0 radical (unpaired) electrons. The third kappa shape index (κ3) is 5.71. The molecular weight excluding hydrogens is 446 g/mol. The Hall–Kier alpha value is -3.66. The predicted octanol–water partition coefficient (Wildman–Crippen LogP) is 2.54. The van der Waals surface area contributed by atoms with Crippen LogP contribution in [0.1, 0.15) is 43.7 Å². The van der Waals surface area contributed by atoms with E-state index in [0.717, 1.165) is 42.6 Å². The first-order valence-electron chi connectivity index (χ1n) is 11.9. The smallest absolute Gasteiger partial charge is 0.322 e. The number of pyridine rings is 1. The highest BCUT2D eigenvalue weighted by atomic mass is 16.5. The summed E-state index contributed by atoms with van der Waals surface area (Å²) in [5, 5.41) is 11.5. The minimum Gasteiger partial charge on any atom is -0.464 e. The van der Waals surface area contributed by atoms with Gasteiger partial charge in [-0.05, 0) is 25.3 Å². The lowest BCUT2D eigenvalue weighted by Crippen LogP contribution is -2.38. The molecule has 0 saturated heterocycles. The Kier molecular flexibility index (Phi) is 7.50. The third-order valence-electron chi connectivity index (χ3n) is 6.39. The molecule has 1 aliphatic carbocycles. The number of ether oxygens (including phenoxy) is 1. The van der Waals surface area contributed by atoms with Crippen molar-refractivity contribution in [3.05, 3.63) is 58.7 Å². The van der Waals surface area contributed by atoms with Crippen molar-refractivity contribution in [2.75, 3.05) is 17.2 Å². The standard InChI is InChI=1S/C25H33N7O3/c1-4-18-13-28-32-22(27-12-17-9-10-23(33)31(3)14-17)11-21(30-24(18)32)29-20-8-6-5-7-19(20)15-35-25(34)16(2)26/h4,9-11,13-14,16,19-20,27H,1,5-8,12,15,26H2,2-3H3,(H,29,30)/t16-,19-,20-/m0/s1. The van der Waals surface area contributed by atoms with Crippen LogP contribution >= 0.6 is 0 Å². The molecule has 4 N–H and O–H groups in total. The van der Waals surface area contributed by atoms with Gasteiger partial charge in [0, 0.05) is 49.4 Å². The Labute approximate surface area is 204 Å². The Bertz CT molecular complexity index is 1260. The fourth-order valence-corrected chi connectivity index (χ4v) is 4.38. The van der Waals surface area contributed by atoms with Gasteiger partial charge in [-0.25, -0.2) is 4.98 Å². The quantitative estimate of drug-likeness (QED) is 0.400. The molecule has 0 bridgehead atoms. The number of esters is 1. The molecule has 1 saturated carbocycles. The second-order valence-electron chi connectivity index (χ2n) is 9.12. The SMILES string of the molecule is C=Cc1cnn2c(NCc3ccc(=O)n(C)c3)cc(N[C@H]3CCCC[C@H]3COC(=O)[C@H](C)N)nc12. The molecule has 3 atom stereocenters. The first-order chi connectivity index (χ1) is 16.9. The van der Waals surface area contributed by atoms with Crippen molar-refractivity contribution in [1.29, 1.82) is 0 Å². The highest BCUT2D eigenvalue weighted by Gasteiger charge is 2.27. The van der Waals surface area contributed by atoms with Gasteiger partial charge in [-0.1, -0.05) is 31.6 Å². The van der Waals surface area contributed by atoms with Gasteiger partial charge in [0.2, 0.25) is 5.56 Å². The first-order valence-corrected chi connectivity index (χ1v) is 11.9. The molecule has 1 fully saturated rings. The van der Waals surface area contributed by atoms with Crippen molar-refractivity contribution >= 4 is 29.3 Å². The van der Waals surface area contributed by atoms with Crippen LogP contribution in [0.5, 0.6) is 0 Å². The summed E-state index contributed by atoms with van der Waals surface area (Å²) in [7, 11) is 1.73. The number of hydrogen-bond acceptors (Lipinski definition) is 8. The van der Waals surface area contributed by atoms with E-state index in [1.165, 1.54) is 0 Å². The first kappa shape index (κ1) is 24.5. The summed E-state index contributed by atoms with van der Waals surface area (Å²) in [6.07, 6.45) is 9.39. The summed E-state index contributed by atoms with van der Waals surface area (Å²) >= 11 is 0. The molecule has 0 amide bonds. The number of nitrogens with one attached hydrogen (secondary N) is 2. The number of anilines is 2. The van der Waals surface area contributed by atoms with Crippen LogP contribution in [0.15, 0.2) is 42.0 Å². The zero-order chi connectivity index (χ0) is 24.9. The normalized spacial score (nSPS) is 18.7. The van der Waals surface area contributed by atoms with Gasteiger partial charge in [-0.2, -0.15) is 9.61 Å². The maximum absolute atomic E-state index is 11.9. The maximum atomic E-state index is 11.9. The summed E-state index contributed by atoms with van der Waals surface area (Å²) in [5.41, 5.74) is 8.06. The molecule has 0 aromatic carbocycles. The zero-order valence-corrected chi connectivity index (χ0v) is 20.2. The summed E-state index contributed by atoms with van der Waals surface area (Å²) < 4.78 is 8.74. The minimum absolute atomic E-state index is 0.0529. The number of carbonyl (C=O) groups excluding carboxylic acids is 1. The summed E-state index contributed by atoms with van der Waals surface area (Å²) in [6, 6.07) is 4.77. The van der Waals surface area contributed by atoms with Gasteiger partial charge in [0.1, 0.15) is 17.7 Å². The van der Waals surface area contributed by atoms with Crippen molar-refractivity contribution in [3.63, 3.8) is 0 Å². The largest absolute Gasteiger partial charge is 0.464 e. The number of fused-ring (bicyclic) bond motifs is 1. The highest BCUT2D eigenvalue weighted by Crippen LogP contribution is 2.29. The molecule has 1 aliphatic rings. The summed E-state index contributed by atoms with van der Waals surface area (Å²) in [4.78, 5) is 28.4. The number of nitrogens with two attached hydrogens (primary N) is 1. The Morgan fingerprint density at radius 3 is 2.91 bits per heavy atom. The van der Waals surface area contributed by atoms with Gasteiger partial charge in [0.25, 0.3) is 0 Å². The number of carbonyl (C=O) groups is 1. The van der Waals surface area contributed by atoms with Crippen molar-refractivity contribution < 1.29 is 9.53 Å². The molecule has 0 aliphatic heterocycles. The number of nitrogens with zero attached hydrogens (tertiary/aromatic N) is 4. The molecular formula is C25H33N7O3. The molecule has 0 spiro atoms. The number of hydrogen-bond donors (Lipinski definition) is 3. The zero-order valence-electron chi connectivity index (χ0n) is 20.2. The molecule has 3 aromatic rings. The van der Waals surface area contributed by atoms with Crippen LogP contribution in [-0.4, -0.2) is 43.8 Å². The predicted molar refractivity (Wildman–Crippen MR) is 136 cm³/mol. The van der Waals surface area contributed by atoms with Gasteiger partial charge in [-0.15, -0.1) is 0 Å². The van der Waals surface area contributed by atoms with Crippen LogP contribution in [0, 0.1) is 5.92 Å². The lowest BCUT2D eigenvalue weighted by molar-refractivity contribution is -0.146. The second kappa shape index (κ2) is 10.7. The summed E-state index contributed by atoms with van der Waals surface area (Å²) in [5.74, 6) is 1.26. The van der Waals surface area contributed by atoms with Gasteiger partial charge in [0.05, 0.1) is 12.8 Å². The van der Waals surface area contributed by atoms with Crippen LogP contribution in [0.2, 0.25) is 0 Å². The van der Waals surface area contributed by atoms with Gasteiger partial charge < -0.3 is 25.7 Å². The highest BCUT2D eigenvalue weighted by molar-refractivity contribution is 5.74. The number of rotatable bonds is 9. The monoisotopic (exact) mass is 479 g/mol.